The average Bonchev–Trinajstić information content (AvgIpc) is 3.43. The number of benzene rings is 1. The van der Waals surface area contributed by atoms with Crippen molar-refractivity contribution < 1.29 is 23.8 Å². The number of carbonyl (C=O) groups excluding carboxylic acids is 1. The minimum absolute atomic E-state index is 0.147. The van der Waals surface area contributed by atoms with Crippen LogP contribution in [-0.4, -0.2) is 47.4 Å². The first-order valence-corrected chi connectivity index (χ1v) is 11.0. The van der Waals surface area contributed by atoms with Crippen LogP contribution < -0.4 is 0 Å². The molecule has 0 fully saturated rings. The quantitative estimate of drug-likeness (QED) is 0.557. The number of amides is 1. The van der Waals surface area contributed by atoms with Crippen LogP contribution in [0.15, 0.2) is 36.9 Å². The zero-order valence-electron chi connectivity index (χ0n) is 18.2. The van der Waals surface area contributed by atoms with Gasteiger partial charge in [0.25, 0.3) is 5.91 Å². The molecule has 1 aliphatic rings. The van der Waals surface area contributed by atoms with E-state index in [2.05, 4.69) is 21.9 Å². The minimum atomic E-state index is -1.92. The summed E-state index contributed by atoms with van der Waals surface area (Å²) in [6.45, 7) is 4.75. The summed E-state index contributed by atoms with van der Waals surface area (Å²) in [4.78, 5) is 19.6. The van der Waals surface area contributed by atoms with E-state index in [9.17, 15) is 23.8 Å². The molecule has 1 amide bonds. The van der Waals surface area contributed by atoms with Crippen LogP contribution in [0, 0.1) is 23.5 Å². The molecule has 1 aromatic carbocycles. The van der Waals surface area contributed by atoms with E-state index in [0.717, 1.165) is 11.6 Å². The fraction of sp³-hybridized carbons (Fsp3) is 0.348. The van der Waals surface area contributed by atoms with E-state index in [-0.39, 0.29) is 24.6 Å². The fourth-order valence-electron chi connectivity index (χ4n) is 3.80. The van der Waals surface area contributed by atoms with Gasteiger partial charge in [0.15, 0.2) is 0 Å². The second-order valence-corrected chi connectivity index (χ2v) is 9.58. The lowest BCUT2D eigenvalue weighted by Gasteiger charge is -2.39. The van der Waals surface area contributed by atoms with Crippen LogP contribution in [0.3, 0.4) is 0 Å². The molecule has 2 N–H and O–H groups in total. The first kappa shape index (κ1) is 23.0. The van der Waals surface area contributed by atoms with Crippen LogP contribution in [0.1, 0.15) is 46.4 Å². The maximum Gasteiger partial charge on any atom is 0.264 e. The van der Waals surface area contributed by atoms with E-state index in [1.165, 1.54) is 39.6 Å². The molecule has 3 heterocycles. The number of fused-ring (bicyclic) bond motifs is 1. The van der Waals surface area contributed by atoms with Crippen LogP contribution in [0.4, 0.5) is 8.78 Å². The van der Waals surface area contributed by atoms with E-state index >= 15 is 0 Å². The number of halogens is 2. The second kappa shape index (κ2) is 8.33. The third-order valence-electron chi connectivity index (χ3n) is 5.52. The number of thiophene rings is 1. The Kier molecular flexibility index (Phi) is 5.82. The number of hydrogen-bond donors (Lipinski definition) is 2. The Morgan fingerprint density at radius 2 is 2.03 bits per heavy atom. The number of carbonyl (C=O) groups is 1. The Balaban J connectivity index is 1.67. The van der Waals surface area contributed by atoms with Gasteiger partial charge >= 0.3 is 0 Å². The van der Waals surface area contributed by atoms with Gasteiger partial charge in [0.05, 0.1) is 22.3 Å². The predicted molar refractivity (Wildman–Crippen MR) is 117 cm³/mol. The lowest BCUT2D eigenvalue weighted by atomic mass is 9.85. The Hall–Kier alpha value is -3.13. The molecule has 0 radical (unpaired) electrons. The van der Waals surface area contributed by atoms with Gasteiger partial charge in [0, 0.05) is 18.2 Å². The highest BCUT2D eigenvalue weighted by molar-refractivity contribution is 7.14. The van der Waals surface area contributed by atoms with Crippen LogP contribution >= 0.6 is 11.3 Å². The molecule has 3 aromatic rings. The van der Waals surface area contributed by atoms with E-state index in [1.54, 1.807) is 26.8 Å². The summed E-state index contributed by atoms with van der Waals surface area (Å²) in [6, 6.07) is 3.83. The third-order valence-corrected chi connectivity index (χ3v) is 6.60. The molecule has 0 saturated heterocycles. The summed E-state index contributed by atoms with van der Waals surface area (Å²) >= 11 is 1.20. The van der Waals surface area contributed by atoms with E-state index < -0.39 is 28.9 Å². The van der Waals surface area contributed by atoms with Gasteiger partial charge in [0.2, 0.25) is 0 Å². The molecule has 0 unspecified atom stereocenters. The van der Waals surface area contributed by atoms with Crippen molar-refractivity contribution in [3.63, 3.8) is 0 Å². The number of aliphatic hydroxyl groups is 2. The molecule has 0 aliphatic carbocycles. The summed E-state index contributed by atoms with van der Waals surface area (Å²) in [7, 11) is 0. The monoisotopic (exact) mass is 472 g/mol. The molecule has 0 bridgehead atoms. The highest BCUT2D eigenvalue weighted by Gasteiger charge is 2.46. The Morgan fingerprint density at radius 3 is 2.64 bits per heavy atom. The first-order valence-electron chi connectivity index (χ1n) is 10.2. The largest absolute Gasteiger partial charge is 0.381 e. The van der Waals surface area contributed by atoms with Crippen molar-refractivity contribution in [1.82, 2.24) is 19.7 Å². The highest BCUT2D eigenvalue weighted by Crippen LogP contribution is 2.38. The molecule has 0 spiro atoms. The lowest BCUT2D eigenvalue weighted by molar-refractivity contribution is -0.0556. The maximum atomic E-state index is 14.8. The smallest absolute Gasteiger partial charge is 0.264 e. The number of hydrogen-bond acceptors (Lipinski definition) is 6. The molecule has 10 heteroatoms. The van der Waals surface area contributed by atoms with Crippen LogP contribution in [0.5, 0.6) is 0 Å². The van der Waals surface area contributed by atoms with Crippen molar-refractivity contribution in [3.8, 4) is 11.8 Å². The van der Waals surface area contributed by atoms with Gasteiger partial charge in [-0.3, -0.25) is 4.79 Å². The predicted octanol–water partition coefficient (Wildman–Crippen LogP) is 2.67. The summed E-state index contributed by atoms with van der Waals surface area (Å²) < 4.78 is 29.7. The first-order chi connectivity index (χ1) is 15.5. The highest BCUT2D eigenvalue weighted by atomic mass is 32.1. The van der Waals surface area contributed by atoms with Crippen molar-refractivity contribution in [2.75, 3.05) is 0 Å². The zero-order valence-corrected chi connectivity index (χ0v) is 19.0. The standard InChI is InChI=1S/C23H22F2N4O3S/c1-14(29-10-15-8-17(6-7-22(2,3)31)33-20(15)21(29)30)23(32,11-28-13-26-12-27-28)18-5-4-16(24)9-19(18)25/h4-5,8-9,12-14,31-32H,10-11H2,1-3H3/t14-,23-/m1/s1. The molecule has 33 heavy (non-hydrogen) atoms. The third kappa shape index (κ3) is 4.53. The van der Waals surface area contributed by atoms with E-state index in [4.69, 9.17) is 0 Å². The van der Waals surface area contributed by atoms with E-state index in [0.29, 0.717) is 15.8 Å². The molecular weight excluding hydrogens is 450 g/mol. The molecular formula is C23H22F2N4O3S. The zero-order chi connectivity index (χ0) is 24.0. The molecule has 172 valence electrons. The van der Waals surface area contributed by atoms with Crippen LogP contribution in [0.2, 0.25) is 0 Å². The summed E-state index contributed by atoms with van der Waals surface area (Å²) in [5.74, 6) is 3.58. The fourth-order valence-corrected chi connectivity index (χ4v) is 4.79. The van der Waals surface area contributed by atoms with Gasteiger partial charge in [-0.25, -0.2) is 18.4 Å². The minimum Gasteiger partial charge on any atom is -0.381 e. The molecule has 0 saturated carbocycles. The Labute approximate surface area is 193 Å². The van der Waals surface area contributed by atoms with Gasteiger partial charge in [-0.05, 0) is 38.5 Å². The topological polar surface area (TPSA) is 91.5 Å². The SMILES string of the molecule is C[C@@H](N1Cc2cc(C#CC(C)(C)O)sc2C1=O)[C@](O)(Cn1cncn1)c1ccc(F)cc1F. The van der Waals surface area contributed by atoms with Crippen molar-refractivity contribution in [3.05, 3.63) is 69.4 Å². The van der Waals surface area contributed by atoms with Crippen LogP contribution in [0.25, 0.3) is 0 Å². The molecule has 1 aliphatic heterocycles. The molecule has 4 rings (SSSR count). The maximum absolute atomic E-state index is 14.8. The van der Waals surface area contributed by atoms with Crippen molar-refractivity contribution in [2.24, 2.45) is 0 Å². The van der Waals surface area contributed by atoms with Crippen LogP contribution in [-0.2, 0) is 18.7 Å². The van der Waals surface area contributed by atoms with Gasteiger partial charge < -0.3 is 15.1 Å². The van der Waals surface area contributed by atoms with Gasteiger partial charge in [-0.2, -0.15) is 5.10 Å². The van der Waals surface area contributed by atoms with E-state index in [1.807, 2.05) is 0 Å². The number of nitrogens with zero attached hydrogens (tertiary/aromatic N) is 4. The average molecular weight is 473 g/mol. The summed E-state index contributed by atoms with van der Waals surface area (Å²) in [5, 5.41) is 25.5. The number of rotatable bonds is 5. The second-order valence-electron chi connectivity index (χ2n) is 8.52. The molecule has 2 aromatic heterocycles. The van der Waals surface area contributed by atoms with Crippen molar-refractivity contribution in [2.45, 2.75) is 51.1 Å². The lowest BCUT2D eigenvalue weighted by Crippen LogP contribution is -2.52. The normalized spacial score (nSPS) is 16.2. The molecule has 2 atom stereocenters. The van der Waals surface area contributed by atoms with Gasteiger partial charge in [0.1, 0.15) is 35.5 Å². The van der Waals surface area contributed by atoms with Crippen molar-refractivity contribution in [1.29, 1.82) is 0 Å². The Bertz CT molecular complexity index is 1260. The molecule has 7 nitrogen and oxygen atoms in total. The van der Waals surface area contributed by atoms with Gasteiger partial charge in [-0.15, -0.1) is 11.3 Å². The number of aromatic nitrogens is 3. The summed E-state index contributed by atoms with van der Waals surface area (Å²) in [5.41, 5.74) is -2.49. The van der Waals surface area contributed by atoms with Gasteiger partial charge in [-0.1, -0.05) is 17.9 Å². The summed E-state index contributed by atoms with van der Waals surface area (Å²) in [6.07, 6.45) is 2.65. The Morgan fingerprint density at radius 1 is 1.27 bits per heavy atom. The van der Waals surface area contributed by atoms with Crippen molar-refractivity contribution >= 4 is 17.2 Å².